The van der Waals surface area contributed by atoms with Crippen molar-refractivity contribution in [2.45, 2.75) is 0 Å². The Kier molecular flexibility index (Phi) is 19.1. The van der Waals surface area contributed by atoms with Crippen LogP contribution in [0, 0.1) is 6.07 Å². The van der Waals surface area contributed by atoms with Gasteiger partial charge in [0, 0.05) is 65.2 Å². The second-order valence-corrected chi connectivity index (χ2v) is 5.87. The predicted molar refractivity (Wildman–Crippen MR) is 113 cm³/mol. The van der Waals surface area contributed by atoms with E-state index in [0.29, 0.717) is 33.1 Å². The molecule has 0 fully saturated rings. The van der Waals surface area contributed by atoms with Gasteiger partial charge in [0.25, 0.3) is 0 Å². The summed E-state index contributed by atoms with van der Waals surface area (Å²) in [6, 6.07) is 15.7. The summed E-state index contributed by atoms with van der Waals surface area (Å²) in [5.74, 6) is 1.29. The fourth-order valence-electron chi connectivity index (χ4n) is 2.34. The molecule has 169 valence electrons. The second kappa shape index (κ2) is 18.1. The van der Waals surface area contributed by atoms with E-state index in [9.17, 15) is 9.59 Å². The zero-order chi connectivity index (χ0) is 22.1. The first-order valence-electron chi connectivity index (χ1n) is 8.29. The van der Waals surface area contributed by atoms with Crippen molar-refractivity contribution in [1.29, 1.82) is 0 Å². The average molecular weight is 838 g/mol. The molecule has 0 aliphatic carbocycles. The number of rotatable bonds is 2. The van der Waals surface area contributed by atoms with Crippen LogP contribution < -0.4 is 72.1 Å². The Hall–Kier alpha value is -0.252. The van der Waals surface area contributed by atoms with E-state index in [1.165, 1.54) is 12.1 Å². The van der Waals surface area contributed by atoms with Gasteiger partial charge in [-0.05, 0) is 18.2 Å². The first-order valence-corrected chi connectivity index (χ1v) is 8.66. The molecule has 0 saturated heterocycles. The van der Waals surface area contributed by atoms with Gasteiger partial charge in [0.05, 0.1) is 19.2 Å². The molecule has 33 heavy (non-hydrogen) atoms. The summed E-state index contributed by atoms with van der Waals surface area (Å²) in [5, 5.41) is 15.9. The molecule has 4 rings (SSSR count). The van der Waals surface area contributed by atoms with Crippen LogP contribution in [0.15, 0.2) is 67.0 Å². The molecule has 0 amide bonds. The number of benzene rings is 2. The van der Waals surface area contributed by atoms with Gasteiger partial charge in [-0.1, -0.05) is 23.7 Å². The normalized spacial score (nSPS) is 8.88. The Labute approximate surface area is 267 Å². The molecule has 2 aromatic heterocycles. The average Bonchev–Trinajstić information content (AvgIpc) is 2.73. The largest absolute Gasteiger partial charge is 1.00 e. The Morgan fingerprint density at radius 1 is 0.909 bits per heavy atom. The molecule has 0 aliphatic rings. The maximum atomic E-state index is 11.0. The third kappa shape index (κ3) is 10.9. The number of methoxy groups -OCH3 is 2. The van der Waals surface area contributed by atoms with E-state index in [2.05, 4.69) is 6.07 Å². The summed E-state index contributed by atoms with van der Waals surface area (Å²) in [6.45, 7) is 0. The van der Waals surface area contributed by atoms with Crippen LogP contribution in [0.2, 0.25) is 5.02 Å². The van der Waals surface area contributed by atoms with E-state index in [1.54, 1.807) is 50.6 Å². The molecule has 2 aromatic carbocycles. The summed E-state index contributed by atoms with van der Waals surface area (Å²) in [7, 11) is 3.11. The van der Waals surface area contributed by atoms with Crippen molar-refractivity contribution in [3.05, 3.63) is 80.5 Å². The first kappa shape index (κ1) is 34.9. The quantitative estimate of drug-likeness (QED) is 0.160. The molecule has 1 radical (unpaired) electrons. The molecule has 0 unspecified atom stereocenters. The molecule has 2 heterocycles. The summed E-state index contributed by atoms with van der Waals surface area (Å²) in [4.78, 5) is 21.9. The molecule has 2 N–H and O–H groups in total. The number of halogens is 1. The molecule has 0 aliphatic heterocycles. The molecule has 0 atom stereocenters. The zero-order valence-electron chi connectivity index (χ0n) is 18.7. The van der Waals surface area contributed by atoms with Gasteiger partial charge >= 0.3 is 64.7 Å². The third-order valence-corrected chi connectivity index (χ3v) is 3.96. The van der Waals surface area contributed by atoms with Crippen LogP contribution in [0.1, 0.15) is 1.43 Å². The minimum atomic E-state index is -0.462. The standard InChI is InChI=1S/C10H7ClO3.C10H7O3.BH2O2.K.2W.H/c1-13-6-2-3-7-8(11)5-10(12)14-9(7)4-6;1-12-8-4-2-7-3-5-10(11)13-9(7)6-8;2-1-3;;;;/h2-5H,1H3;2,4-6H,1H3;2-3H;;;;/q;-1;;+1;;;-1. The Balaban J connectivity index is -0.000000459. The second-order valence-electron chi connectivity index (χ2n) is 5.46. The third-order valence-electron chi connectivity index (χ3n) is 3.65. The van der Waals surface area contributed by atoms with Gasteiger partial charge in [0.15, 0.2) is 0 Å². The molecular formula is C20H17BClKO8W2-. The SMILES string of the molecule is COc1ccc2[c-]cc(=O)oc2c1.COc1ccc2c(Cl)cc(=O)oc2c1.O[B]O.[H-].[K+].[W].[W]. The Morgan fingerprint density at radius 2 is 1.42 bits per heavy atom. The smallest absolute Gasteiger partial charge is 1.00 e. The number of hydrogen-bond donors (Lipinski definition) is 2. The molecular weight excluding hydrogens is 821 g/mol. The molecule has 13 heteroatoms. The van der Waals surface area contributed by atoms with E-state index < -0.39 is 11.3 Å². The Morgan fingerprint density at radius 3 is 2.00 bits per heavy atom. The van der Waals surface area contributed by atoms with Gasteiger partial charge in [-0.25, -0.2) is 4.79 Å². The maximum absolute atomic E-state index is 11.0. The minimum absolute atomic E-state index is 0. The summed E-state index contributed by atoms with van der Waals surface area (Å²) >= 11 is 5.86. The van der Waals surface area contributed by atoms with Crippen LogP contribution in [0.5, 0.6) is 11.5 Å². The fourth-order valence-corrected chi connectivity index (χ4v) is 2.58. The number of fused-ring (bicyclic) bond motifs is 2. The fraction of sp³-hybridized carbons (Fsp3) is 0.100. The van der Waals surface area contributed by atoms with Crippen LogP contribution in [0.4, 0.5) is 0 Å². The van der Waals surface area contributed by atoms with Gasteiger partial charge in [-0.3, -0.25) is 0 Å². The molecule has 0 bridgehead atoms. The summed E-state index contributed by atoms with van der Waals surface area (Å²) in [6.07, 6.45) is 0. The van der Waals surface area contributed by atoms with Gasteiger partial charge in [0.2, 0.25) is 5.63 Å². The van der Waals surface area contributed by atoms with Crippen molar-refractivity contribution < 1.29 is 123 Å². The van der Waals surface area contributed by atoms with Gasteiger partial charge in [0.1, 0.15) is 17.1 Å². The Bertz CT molecular complexity index is 1260. The topological polar surface area (TPSA) is 119 Å². The van der Waals surface area contributed by atoms with E-state index in [1.807, 2.05) is 0 Å². The molecule has 8 nitrogen and oxygen atoms in total. The number of ether oxygens (including phenoxy) is 2. The van der Waals surface area contributed by atoms with Gasteiger partial charge in [-0.15, -0.1) is 17.5 Å². The maximum Gasteiger partial charge on any atom is 1.00 e. The van der Waals surface area contributed by atoms with Crippen LogP contribution in [-0.2, 0) is 42.1 Å². The van der Waals surface area contributed by atoms with E-state index >= 15 is 0 Å². The first-order chi connectivity index (χ1) is 14.4. The van der Waals surface area contributed by atoms with Crippen LogP contribution in [0.25, 0.3) is 21.9 Å². The predicted octanol–water partition coefficient (Wildman–Crippen LogP) is -0.327. The van der Waals surface area contributed by atoms with Crippen molar-refractivity contribution in [1.82, 2.24) is 0 Å². The van der Waals surface area contributed by atoms with Crippen molar-refractivity contribution in [3.63, 3.8) is 0 Å². The molecule has 0 spiro atoms. The molecule has 4 aromatic rings. The molecule has 0 saturated carbocycles. The van der Waals surface area contributed by atoms with Gasteiger partial charge < -0.3 is 34.6 Å². The van der Waals surface area contributed by atoms with E-state index in [0.717, 1.165) is 5.39 Å². The zero-order valence-corrected chi connectivity index (χ0v) is 27.5. The monoisotopic (exact) mass is 838 g/mol. The van der Waals surface area contributed by atoms with Crippen LogP contribution in [-0.4, -0.2) is 32.0 Å². The summed E-state index contributed by atoms with van der Waals surface area (Å²) < 4.78 is 19.9. The van der Waals surface area contributed by atoms with Gasteiger partial charge in [-0.2, -0.15) is 0 Å². The van der Waals surface area contributed by atoms with E-state index in [4.69, 9.17) is 40.0 Å². The van der Waals surface area contributed by atoms with Crippen LogP contribution in [0.3, 0.4) is 0 Å². The summed E-state index contributed by atoms with van der Waals surface area (Å²) in [5.41, 5.74) is 0.0604. The van der Waals surface area contributed by atoms with Crippen molar-refractivity contribution >= 4 is 41.2 Å². The van der Waals surface area contributed by atoms with Crippen molar-refractivity contribution in [3.8, 4) is 11.5 Å². The number of hydrogen-bond acceptors (Lipinski definition) is 8. The van der Waals surface area contributed by atoms with Crippen molar-refractivity contribution in [2.75, 3.05) is 14.2 Å². The minimum Gasteiger partial charge on any atom is -1.00 e. The van der Waals surface area contributed by atoms with Crippen LogP contribution >= 0.6 is 11.6 Å². The van der Waals surface area contributed by atoms with E-state index in [-0.39, 0.29) is 103 Å². The van der Waals surface area contributed by atoms with Crippen molar-refractivity contribution in [2.24, 2.45) is 0 Å².